The highest BCUT2D eigenvalue weighted by Gasteiger charge is 2.21. The number of aromatic nitrogens is 1. The Labute approximate surface area is 188 Å². The first-order valence-corrected chi connectivity index (χ1v) is 10.7. The minimum atomic E-state index is -0.198. The Kier molecular flexibility index (Phi) is 5.34. The molecule has 2 heterocycles. The molecule has 4 aromatic rings. The topological polar surface area (TPSA) is 49.6 Å². The fourth-order valence-corrected chi connectivity index (χ4v) is 3.87. The quantitative estimate of drug-likeness (QED) is 0.453. The number of rotatable bonds is 4. The number of hydrogen-bond donors (Lipinski definition) is 1. The summed E-state index contributed by atoms with van der Waals surface area (Å²) in [6.07, 6.45) is 3.46. The smallest absolute Gasteiger partial charge is 0.159 e. The van der Waals surface area contributed by atoms with Crippen molar-refractivity contribution in [3.8, 4) is 11.1 Å². The van der Waals surface area contributed by atoms with Crippen LogP contribution in [0.2, 0.25) is 0 Å². The van der Waals surface area contributed by atoms with E-state index in [-0.39, 0.29) is 6.17 Å². The van der Waals surface area contributed by atoms with Crippen LogP contribution in [0.3, 0.4) is 0 Å². The molecule has 1 N–H and O–H groups in total. The summed E-state index contributed by atoms with van der Waals surface area (Å²) in [5.74, 6) is 1.56. The zero-order valence-corrected chi connectivity index (χ0v) is 18.2. The van der Waals surface area contributed by atoms with E-state index in [2.05, 4.69) is 103 Å². The average molecular weight is 417 g/mol. The van der Waals surface area contributed by atoms with Crippen LogP contribution in [-0.2, 0) is 0 Å². The number of aryl methyl sites for hydroxylation is 2. The minimum Gasteiger partial charge on any atom is -0.344 e. The number of aliphatic imine (C=N–C) groups is 2. The van der Waals surface area contributed by atoms with Crippen LogP contribution in [0, 0.1) is 13.8 Å². The predicted octanol–water partition coefficient (Wildman–Crippen LogP) is 5.86. The molecule has 0 aliphatic carbocycles. The van der Waals surface area contributed by atoms with Gasteiger partial charge >= 0.3 is 0 Å². The number of amidine groups is 2. The lowest BCUT2D eigenvalue weighted by atomic mass is 10.0. The summed E-state index contributed by atoms with van der Waals surface area (Å²) in [6.45, 7) is 4.20. The zero-order chi connectivity index (χ0) is 21.9. The molecule has 3 aromatic carbocycles. The van der Waals surface area contributed by atoms with E-state index in [9.17, 15) is 0 Å². The lowest BCUT2D eigenvalue weighted by Crippen LogP contribution is -2.33. The van der Waals surface area contributed by atoms with E-state index >= 15 is 0 Å². The first-order valence-electron chi connectivity index (χ1n) is 10.7. The molecular weight excluding hydrogens is 392 g/mol. The zero-order valence-electron chi connectivity index (χ0n) is 18.2. The summed E-state index contributed by atoms with van der Waals surface area (Å²) in [6, 6.07) is 29.2. The van der Waals surface area contributed by atoms with Crippen LogP contribution in [0.25, 0.3) is 11.1 Å². The van der Waals surface area contributed by atoms with Gasteiger partial charge in [-0.2, -0.15) is 0 Å². The normalized spacial score (nSPS) is 15.5. The van der Waals surface area contributed by atoms with Crippen molar-refractivity contribution >= 4 is 11.7 Å². The maximum absolute atomic E-state index is 4.97. The van der Waals surface area contributed by atoms with Crippen LogP contribution in [0.1, 0.15) is 34.0 Å². The number of pyridine rings is 1. The highest BCUT2D eigenvalue weighted by atomic mass is 15.2. The third-order valence-electron chi connectivity index (χ3n) is 5.53. The molecule has 0 amide bonds. The Bertz CT molecular complexity index is 1300. The molecule has 0 saturated heterocycles. The lowest BCUT2D eigenvalue weighted by molar-refractivity contribution is 0.673. The van der Waals surface area contributed by atoms with Gasteiger partial charge < -0.3 is 5.32 Å². The van der Waals surface area contributed by atoms with Crippen molar-refractivity contribution in [2.24, 2.45) is 9.98 Å². The monoisotopic (exact) mass is 416 g/mol. The van der Waals surface area contributed by atoms with Crippen LogP contribution in [0.4, 0.5) is 0 Å². The molecule has 4 nitrogen and oxygen atoms in total. The summed E-state index contributed by atoms with van der Waals surface area (Å²) in [5, 5.41) is 3.53. The summed E-state index contributed by atoms with van der Waals surface area (Å²) >= 11 is 0. The van der Waals surface area contributed by atoms with E-state index in [1.165, 1.54) is 11.1 Å². The van der Waals surface area contributed by atoms with Gasteiger partial charge in [0, 0.05) is 23.5 Å². The van der Waals surface area contributed by atoms with Gasteiger partial charge in [-0.15, -0.1) is 0 Å². The van der Waals surface area contributed by atoms with E-state index in [1.54, 1.807) is 6.20 Å². The molecule has 1 unspecified atom stereocenters. The molecule has 0 fully saturated rings. The van der Waals surface area contributed by atoms with Crippen molar-refractivity contribution < 1.29 is 0 Å². The van der Waals surface area contributed by atoms with Crippen LogP contribution >= 0.6 is 0 Å². The van der Waals surface area contributed by atoms with Crippen molar-refractivity contribution in [3.63, 3.8) is 0 Å². The van der Waals surface area contributed by atoms with E-state index in [1.807, 2.05) is 12.3 Å². The molecule has 5 rings (SSSR count). The van der Waals surface area contributed by atoms with Crippen molar-refractivity contribution in [3.05, 3.63) is 125 Å². The minimum absolute atomic E-state index is 0.198. The predicted molar refractivity (Wildman–Crippen MR) is 131 cm³/mol. The maximum Gasteiger partial charge on any atom is 0.159 e. The van der Waals surface area contributed by atoms with Crippen LogP contribution in [0.15, 0.2) is 107 Å². The second-order valence-electron chi connectivity index (χ2n) is 8.06. The summed E-state index contributed by atoms with van der Waals surface area (Å²) < 4.78 is 0. The van der Waals surface area contributed by atoms with Crippen LogP contribution in [0.5, 0.6) is 0 Å². The van der Waals surface area contributed by atoms with Crippen molar-refractivity contribution in [1.29, 1.82) is 0 Å². The maximum atomic E-state index is 4.97. The molecule has 0 spiro atoms. The first-order chi connectivity index (χ1) is 15.7. The number of nitrogens with one attached hydrogen (secondary N) is 1. The Morgan fingerprint density at radius 2 is 1.41 bits per heavy atom. The third-order valence-corrected chi connectivity index (χ3v) is 5.53. The van der Waals surface area contributed by atoms with Crippen molar-refractivity contribution in [1.82, 2.24) is 10.3 Å². The molecule has 4 heteroatoms. The van der Waals surface area contributed by atoms with Crippen LogP contribution in [-0.4, -0.2) is 16.7 Å². The van der Waals surface area contributed by atoms with Gasteiger partial charge in [-0.25, -0.2) is 9.98 Å². The standard InChI is InChI=1S/C28H24N4/c1-19-6-3-8-23(16-19)27-30-26(31-28(32-27)24-9-4-7-20(2)17-24)22-13-11-21(12-14-22)25-10-5-15-29-18-25/h3-18,27H,1-2H3,(H,30,31,32). The Morgan fingerprint density at radius 1 is 0.688 bits per heavy atom. The fraction of sp³-hybridized carbons (Fsp3) is 0.107. The van der Waals surface area contributed by atoms with Gasteiger partial charge in [0.25, 0.3) is 0 Å². The van der Waals surface area contributed by atoms with Gasteiger partial charge in [-0.3, -0.25) is 4.98 Å². The highest BCUT2D eigenvalue weighted by Crippen LogP contribution is 2.24. The molecule has 1 aliphatic heterocycles. The molecule has 1 atom stereocenters. The molecule has 32 heavy (non-hydrogen) atoms. The fourth-order valence-electron chi connectivity index (χ4n) is 3.87. The SMILES string of the molecule is Cc1cccc(C2=NC(c3ccc(-c4cccnc4)cc3)=NC(c3cccc(C)c3)N2)c1. The Hall–Kier alpha value is -4.05. The Morgan fingerprint density at radius 3 is 2.12 bits per heavy atom. The van der Waals surface area contributed by atoms with E-state index < -0.39 is 0 Å². The van der Waals surface area contributed by atoms with E-state index in [4.69, 9.17) is 9.98 Å². The molecule has 0 radical (unpaired) electrons. The Balaban J connectivity index is 1.55. The van der Waals surface area contributed by atoms with Gasteiger partial charge in [0.15, 0.2) is 5.84 Å². The highest BCUT2D eigenvalue weighted by molar-refractivity contribution is 6.13. The molecule has 0 saturated carbocycles. The van der Waals surface area contributed by atoms with E-state index in [0.717, 1.165) is 39.5 Å². The lowest BCUT2D eigenvalue weighted by Gasteiger charge is -2.24. The number of hydrogen-bond acceptors (Lipinski definition) is 4. The largest absolute Gasteiger partial charge is 0.344 e. The average Bonchev–Trinajstić information content (AvgIpc) is 2.84. The van der Waals surface area contributed by atoms with Gasteiger partial charge in [-0.1, -0.05) is 83.9 Å². The first kappa shape index (κ1) is 19.9. The summed E-state index contributed by atoms with van der Waals surface area (Å²) in [7, 11) is 0. The van der Waals surface area contributed by atoms with Gasteiger partial charge in [0.2, 0.25) is 0 Å². The van der Waals surface area contributed by atoms with Crippen LogP contribution < -0.4 is 5.32 Å². The van der Waals surface area contributed by atoms with Gasteiger partial charge in [-0.05, 0) is 42.7 Å². The number of benzene rings is 3. The number of nitrogens with zero attached hydrogens (tertiary/aromatic N) is 3. The molecule has 1 aliphatic rings. The second-order valence-corrected chi connectivity index (χ2v) is 8.06. The third kappa shape index (κ3) is 4.21. The second kappa shape index (κ2) is 8.60. The van der Waals surface area contributed by atoms with Gasteiger partial charge in [0.1, 0.15) is 12.0 Å². The summed E-state index contributed by atoms with van der Waals surface area (Å²) in [5.41, 5.74) is 7.78. The molecular formula is C28H24N4. The molecule has 156 valence electrons. The molecule has 0 bridgehead atoms. The molecule has 1 aromatic heterocycles. The van der Waals surface area contributed by atoms with Crippen molar-refractivity contribution in [2.45, 2.75) is 20.0 Å². The summed E-state index contributed by atoms with van der Waals surface area (Å²) in [4.78, 5) is 14.1. The van der Waals surface area contributed by atoms with E-state index in [0.29, 0.717) is 0 Å². The van der Waals surface area contributed by atoms with Crippen molar-refractivity contribution in [2.75, 3.05) is 0 Å². The van der Waals surface area contributed by atoms with Gasteiger partial charge in [0.05, 0.1) is 0 Å².